The Bertz CT molecular complexity index is 330. The molecule has 20 heavy (non-hydrogen) atoms. The highest BCUT2D eigenvalue weighted by atomic mass is 16.5. The summed E-state index contributed by atoms with van der Waals surface area (Å²) in [5.41, 5.74) is -0.191. The lowest BCUT2D eigenvalue weighted by molar-refractivity contribution is -0.148. The number of carbonyl (C=O) groups is 1. The summed E-state index contributed by atoms with van der Waals surface area (Å²) >= 11 is 0. The van der Waals surface area contributed by atoms with Crippen LogP contribution in [0.2, 0.25) is 0 Å². The fraction of sp³-hybridized carbons (Fsp3) is 0.938. The predicted molar refractivity (Wildman–Crippen MR) is 82.8 cm³/mol. The first-order chi connectivity index (χ1) is 9.24. The van der Waals surface area contributed by atoms with Crippen LogP contribution in [0, 0.1) is 5.41 Å². The third kappa shape index (κ3) is 4.45. The molecule has 0 saturated carbocycles. The number of ether oxygens (including phenoxy) is 1. The van der Waals surface area contributed by atoms with Crippen molar-refractivity contribution < 1.29 is 9.53 Å². The fourth-order valence-electron chi connectivity index (χ4n) is 3.10. The number of likely N-dealkylation sites (tertiary alicyclic amines) is 1. The van der Waals surface area contributed by atoms with E-state index < -0.39 is 5.54 Å². The second-order valence-corrected chi connectivity index (χ2v) is 7.19. The van der Waals surface area contributed by atoms with Crippen molar-refractivity contribution in [2.75, 3.05) is 26.7 Å². The normalized spacial score (nSPS) is 23.3. The van der Waals surface area contributed by atoms with Crippen molar-refractivity contribution in [2.45, 2.75) is 65.5 Å². The molecule has 0 aliphatic carbocycles. The number of esters is 1. The molecule has 0 spiro atoms. The first-order valence-corrected chi connectivity index (χ1v) is 7.81. The van der Waals surface area contributed by atoms with Gasteiger partial charge in [0.1, 0.15) is 5.54 Å². The summed E-state index contributed by atoms with van der Waals surface area (Å²) in [6.07, 6.45) is 3.03. The van der Waals surface area contributed by atoms with Gasteiger partial charge in [-0.05, 0) is 51.6 Å². The third-order valence-corrected chi connectivity index (χ3v) is 4.44. The summed E-state index contributed by atoms with van der Waals surface area (Å²) in [5.74, 6) is -0.156. The second-order valence-electron chi connectivity index (χ2n) is 7.19. The molecule has 1 fully saturated rings. The van der Waals surface area contributed by atoms with Crippen LogP contribution in [-0.4, -0.2) is 49.2 Å². The van der Waals surface area contributed by atoms with Gasteiger partial charge in [-0.25, -0.2) is 0 Å². The van der Waals surface area contributed by atoms with E-state index in [-0.39, 0.29) is 5.97 Å². The van der Waals surface area contributed by atoms with E-state index >= 15 is 0 Å². The van der Waals surface area contributed by atoms with Gasteiger partial charge in [0.05, 0.1) is 7.11 Å². The third-order valence-electron chi connectivity index (χ3n) is 4.44. The Balaban J connectivity index is 2.67. The van der Waals surface area contributed by atoms with Gasteiger partial charge in [0, 0.05) is 12.6 Å². The largest absolute Gasteiger partial charge is 0.468 e. The minimum atomic E-state index is -0.586. The Morgan fingerprint density at radius 1 is 1.50 bits per heavy atom. The zero-order chi connectivity index (χ0) is 15.4. The lowest BCUT2D eigenvalue weighted by atomic mass is 9.91. The van der Waals surface area contributed by atoms with E-state index in [0.29, 0.717) is 11.5 Å². The van der Waals surface area contributed by atoms with Gasteiger partial charge in [-0.3, -0.25) is 4.79 Å². The molecule has 0 aromatic heterocycles. The highest BCUT2D eigenvalue weighted by Crippen LogP contribution is 2.31. The van der Waals surface area contributed by atoms with Gasteiger partial charge >= 0.3 is 5.97 Å². The zero-order valence-corrected chi connectivity index (χ0v) is 14.1. The standard InChI is InChI=1S/C16H32N2O2/c1-7-9-17-16(5,14(19)20-6)11-13(2)18-10-8-15(3,4)12-18/h13,17H,7-12H2,1-6H3. The molecule has 1 heterocycles. The summed E-state index contributed by atoms with van der Waals surface area (Å²) in [5, 5.41) is 3.37. The van der Waals surface area contributed by atoms with Crippen LogP contribution < -0.4 is 5.32 Å². The van der Waals surface area contributed by atoms with E-state index in [1.807, 2.05) is 6.92 Å². The van der Waals surface area contributed by atoms with E-state index in [9.17, 15) is 4.79 Å². The van der Waals surface area contributed by atoms with Crippen LogP contribution in [0.3, 0.4) is 0 Å². The molecule has 1 aliphatic heterocycles. The van der Waals surface area contributed by atoms with Crippen LogP contribution in [0.25, 0.3) is 0 Å². The minimum Gasteiger partial charge on any atom is -0.468 e. The lowest BCUT2D eigenvalue weighted by Gasteiger charge is -2.34. The molecular formula is C16H32N2O2. The smallest absolute Gasteiger partial charge is 0.325 e. The molecular weight excluding hydrogens is 252 g/mol. The van der Waals surface area contributed by atoms with E-state index in [4.69, 9.17) is 4.74 Å². The summed E-state index contributed by atoms with van der Waals surface area (Å²) in [6, 6.07) is 0.380. The van der Waals surface area contributed by atoms with Crippen molar-refractivity contribution in [1.82, 2.24) is 10.2 Å². The van der Waals surface area contributed by atoms with Crippen LogP contribution in [0.1, 0.15) is 53.9 Å². The van der Waals surface area contributed by atoms with Crippen molar-refractivity contribution in [1.29, 1.82) is 0 Å². The SMILES string of the molecule is CCCNC(C)(CC(C)N1CCC(C)(C)C1)C(=O)OC. The predicted octanol–water partition coefficient (Wildman–Crippen LogP) is 2.43. The summed E-state index contributed by atoms with van der Waals surface area (Å²) in [4.78, 5) is 14.6. The van der Waals surface area contributed by atoms with Gasteiger partial charge in [-0.15, -0.1) is 0 Å². The molecule has 118 valence electrons. The van der Waals surface area contributed by atoms with Crippen molar-refractivity contribution >= 4 is 5.97 Å². The monoisotopic (exact) mass is 284 g/mol. The zero-order valence-electron chi connectivity index (χ0n) is 14.1. The highest BCUT2D eigenvalue weighted by Gasteiger charge is 2.39. The number of methoxy groups -OCH3 is 1. The molecule has 0 aromatic carbocycles. The van der Waals surface area contributed by atoms with Crippen LogP contribution in [0.4, 0.5) is 0 Å². The first-order valence-electron chi connectivity index (χ1n) is 7.81. The number of rotatable bonds is 7. The number of hydrogen-bond acceptors (Lipinski definition) is 4. The molecule has 1 saturated heterocycles. The second kappa shape index (κ2) is 6.90. The van der Waals surface area contributed by atoms with E-state index in [1.54, 1.807) is 0 Å². The number of nitrogens with one attached hydrogen (secondary N) is 1. The van der Waals surface area contributed by atoms with Crippen molar-refractivity contribution in [2.24, 2.45) is 5.41 Å². The summed E-state index contributed by atoms with van der Waals surface area (Å²) < 4.78 is 5.00. The molecule has 4 heteroatoms. The maximum atomic E-state index is 12.1. The van der Waals surface area contributed by atoms with Gasteiger partial charge < -0.3 is 15.0 Å². The van der Waals surface area contributed by atoms with E-state index in [1.165, 1.54) is 13.5 Å². The van der Waals surface area contributed by atoms with Gasteiger partial charge in [0.25, 0.3) is 0 Å². The average Bonchev–Trinajstić information content (AvgIpc) is 2.75. The quantitative estimate of drug-likeness (QED) is 0.729. The summed E-state index contributed by atoms with van der Waals surface area (Å²) in [6.45, 7) is 14.0. The highest BCUT2D eigenvalue weighted by molar-refractivity contribution is 5.80. The number of hydrogen-bond donors (Lipinski definition) is 1. The first kappa shape index (κ1) is 17.4. The van der Waals surface area contributed by atoms with Crippen molar-refractivity contribution in [3.05, 3.63) is 0 Å². The van der Waals surface area contributed by atoms with Gasteiger partial charge in [0.2, 0.25) is 0 Å². The molecule has 0 aromatic rings. The van der Waals surface area contributed by atoms with E-state index in [0.717, 1.165) is 32.5 Å². The van der Waals surface area contributed by atoms with Crippen LogP contribution >= 0.6 is 0 Å². The molecule has 0 radical (unpaired) electrons. The maximum absolute atomic E-state index is 12.1. The minimum absolute atomic E-state index is 0.156. The van der Waals surface area contributed by atoms with Crippen LogP contribution in [-0.2, 0) is 9.53 Å². The molecule has 2 unspecified atom stereocenters. The molecule has 1 rings (SSSR count). The van der Waals surface area contributed by atoms with Gasteiger partial charge in [-0.1, -0.05) is 20.8 Å². The Morgan fingerprint density at radius 2 is 2.15 bits per heavy atom. The topological polar surface area (TPSA) is 41.6 Å². The van der Waals surface area contributed by atoms with Gasteiger partial charge in [-0.2, -0.15) is 0 Å². The maximum Gasteiger partial charge on any atom is 0.325 e. The average molecular weight is 284 g/mol. The van der Waals surface area contributed by atoms with Crippen LogP contribution in [0.5, 0.6) is 0 Å². The Labute approximate surface area is 124 Å². The van der Waals surface area contributed by atoms with Crippen molar-refractivity contribution in [3.63, 3.8) is 0 Å². The molecule has 1 aliphatic rings. The van der Waals surface area contributed by atoms with E-state index in [2.05, 4.69) is 37.9 Å². The molecule has 1 N–H and O–H groups in total. The summed E-state index contributed by atoms with van der Waals surface area (Å²) in [7, 11) is 1.47. The van der Waals surface area contributed by atoms with Gasteiger partial charge in [0.15, 0.2) is 0 Å². The Kier molecular flexibility index (Phi) is 6.02. The fourth-order valence-corrected chi connectivity index (χ4v) is 3.10. The number of carbonyl (C=O) groups excluding carboxylic acids is 1. The molecule has 4 nitrogen and oxygen atoms in total. The molecule has 2 atom stereocenters. The molecule has 0 bridgehead atoms. The lowest BCUT2D eigenvalue weighted by Crippen LogP contribution is -2.54. The van der Waals surface area contributed by atoms with Crippen molar-refractivity contribution in [3.8, 4) is 0 Å². The Morgan fingerprint density at radius 3 is 2.60 bits per heavy atom. The Hall–Kier alpha value is -0.610. The molecule has 0 amide bonds. The number of nitrogens with zero attached hydrogens (tertiary/aromatic N) is 1. The van der Waals surface area contributed by atoms with Crippen LogP contribution in [0.15, 0.2) is 0 Å².